The molecule has 6 nitrogen and oxygen atoms in total. The highest BCUT2D eigenvalue weighted by molar-refractivity contribution is 7.98. The van der Waals surface area contributed by atoms with E-state index in [1.54, 1.807) is 30.3 Å². The Balaban J connectivity index is 1.86. The van der Waals surface area contributed by atoms with Gasteiger partial charge in [-0.3, -0.25) is 4.79 Å². The first-order valence-corrected chi connectivity index (χ1v) is 10.2. The van der Waals surface area contributed by atoms with E-state index in [2.05, 4.69) is 10.2 Å². The quantitative estimate of drug-likeness (QED) is 0.323. The third kappa shape index (κ3) is 4.43. The summed E-state index contributed by atoms with van der Waals surface area (Å²) in [6.07, 6.45) is 0. The molecule has 0 saturated heterocycles. The van der Waals surface area contributed by atoms with Gasteiger partial charge in [0.15, 0.2) is 11.6 Å². The number of benzene rings is 2. The molecule has 0 aliphatic rings. The average Bonchev–Trinajstić information content (AvgIpc) is 3.03. The SMILES string of the molecule is CCOc1ccc(C(C)=O)cc1CSc1nnc(-c2cc(Cl)ccc2Cl)n1N. The van der Waals surface area contributed by atoms with Gasteiger partial charge < -0.3 is 10.6 Å². The molecule has 3 aromatic rings. The van der Waals surface area contributed by atoms with E-state index in [1.165, 1.54) is 23.4 Å². The summed E-state index contributed by atoms with van der Waals surface area (Å²) in [4.78, 5) is 11.7. The molecule has 0 fully saturated rings. The lowest BCUT2D eigenvalue weighted by molar-refractivity contribution is 0.101. The number of ketones is 1. The number of thioether (sulfide) groups is 1. The number of nitrogens with two attached hydrogens (primary N) is 1. The molecular weight excluding hydrogens is 419 g/mol. The van der Waals surface area contributed by atoms with Crippen LogP contribution in [0.4, 0.5) is 0 Å². The molecule has 146 valence electrons. The van der Waals surface area contributed by atoms with Crippen LogP contribution in [0.25, 0.3) is 11.4 Å². The lowest BCUT2D eigenvalue weighted by atomic mass is 10.1. The van der Waals surface area contributed by atoms with Crippen LogP contribution in [0.1, 0.15) is 29.8 Å². The number of ether oxygens (including phenoxy) is 1. The van der Waals surface area contributed by atoms with Crippen LogP contribution in [0.3, 0.4) is 0 Å². The van der Waals surface area contributed by atoms with Crippen molar-refractivity contribution >= 4 is 40.7 Å². The van der Waals surface area contributed by atoms with Gasteiger partial charge in [0.1, 0.15) is 5.75 Å². The summed E-state index contributed by atoms with van der Waals surface area (Å²) in [5, 5.41) is 9.80. The molecule has 1 heterocycles. The Morgan fingerprint density at radius 1 is 1.21 bits per heavy atom. The van der Waals surface area contributed by atoms with Crippen LogP contribution in [-0.4, -0.2) is 27.3 Å². The highest BCUT2D eigenvalue weighted by Crippen LogP contribution is 2.32. The van der Waals surface area contributed by atoms with Crippen molar-refractivity contribution in [1.82, 2.24) is 14.9 Å². The number of rotatable bonds is 7. The fourth-order valence-corrected chi connectivity index (χ4v) is 3.79. The van der Waals surface area contributed by atoms with Gasteiger partial charge in [0.05, 0.1) is 11.6 Å². The third-order valence-corrected chi connectivity index (χ3v) is 5.51. The zero-order valence-electron chi connectivity index (χ0n) is 15.3. The van der Waals surface area contributed by atoms with Gasteiger partial charge in [0, 0.05) is 27.5 Å². The van der Waals surface area contributed by atoms with Crippen LogP contribution in [0.2, 0.25) is 10.0 Å². The second kappa shape index (κ2) is 8.86. The maximum absolute atomic E-state index is 11.7. The molecule has 0 aliphatic heterocycles. The number of hydrogen-bond acceptors (Lipinski definition) is 6. The second-order valence-corrected chi connectivity index (χ2v) is 7.69. The van der Waals surface area contributed by atoms with Crippen molar-refractivity contribution in [2.75, 3.05) is 12.4 Å². The molecular formula is C19H18Cl2N4O2S. The first kappa shape index (κ1) is 20.5. The predicted molar refractivity (Wildman–Crippen MR) is 113 cm³/mol. The second-order valence-electron chi connectivity index (χ2n) is 5.90. The minimum Gasteiger partial charge on any atom is -0.494 e. The largest absolute Gasteiger partial charge is 0.494 e. The summed E-state index contributed by atoms with van der Waals surface area (Å²) in [6.45, 7) is 3.97. The summed E-state index contributed by atoms with van der Waals surface area (Å²) in [6, 6.07) is 10.5. The van der Waals surface area contributed by atoms with Crippen LogP contribution in [0, 0.1) is 0 Å². The van der Waals surface area contributed by atoms with Crippen LogP contribution in [0.5, 0.6) is 5.75 Å². The van der Waals surface area contributed by atoms with Crippen LogP contribution < -0.4 is 10.6 Å². The van der Waals surface area contributed by atoms with Crippen molar-refractivity contribution in [3.05, 3.63) is 57.6 Å². The zero-order valence-corrected chi connectivity index (χ0v) is 17.6. The standard InChI is InChI=1S/C19H18Cl2N4O2S/c1-3-27-17-7-4-12(11(2)26)8-13(17)10-28-19-24-23-18(25(19)22)15-9-14(20)5-6-16(15)21/h4-9H,3,10,22H2,1-2H3. The number of Topliss-reactive ketones (excluding diaryl/α,β-unsaturated/α-hetero) is 1. The number of hydrogen-bond donors (Lipinski definition) is 1. The number of nitrogen functional groups attached to an aromatic ring is 1. The van der Waals surface area contributed by atoms with Crippen LogP contribution in [-0.2, 0) is 5.75 Å². The Labute approximate surface area is 177 Å². The summed E-state index contributed by atoms with van der Waals surface area (Å²) >= 11 is 13.7. The van der Waals surface area contributed by atoms with E-state index in [1.807, 2.05) is 13.0 Å². The van der Waals surface area contributed by atoms with E-state index < -0.39 is 0 Å². The molecule has 0 amide bonds. The highest BCUT2D eigenvalue weighted by atomic mass is 35.5. The van der Waals surface area contributed by atoms with Gasteiger partial charge in [-0.15, -0.1) is 10.2 Å². The summed E-state index contributed by atoms with van der Waals surface area (Å²) in [5.74, 6) is 7.82. The monoisotopic (exact) mass is 436 g/mol. The van der Waals surface area contributed by atoms with E-state index in [4.69, 9.17) is 33.8 Å². The molecule has 0 atom stereocenters. The third-order valence-electron chi connectivity index (χ3n) is 3.96. The highest BCUT2D eigenvalue weighted by Gasteiger charge is 2.16. The Bertz CT molecular complexity index is 1020. The van der Waals surface area contributed by atoms with Gasteiger partial charge in [-0.1, -0.05) is 35.0 Å². The number of nitrogens with zero attached hydrogens (tertiary/aromatic N) is 3. The number of aromatic nitrogens is 3. The number of carbonyl (C=O) groups is 1. The Hall–Kier alpha value is -2.22. The first-order chi connectivity index (χ1) is 13.4. The van der Waals surface area contributed by atoms with E-state index in [-0.39, 0.29) is 5.78 Å². The van der Waals surface area contributed by atoms with Gasteiger partial charge in [-0.25, -0.2) is 4.68 Å². The molecule has 3 rings (SSSR count). The minimum absolute atomic E-state index is 0.00539. The lowest BCUT2D eigenvalue weighted by Gasteiger charge is -2.11. The van der Waals surface area contributed by atoms with Gasteiger partial charge in [0.2, 0.25) is 5.16 Å². The van der Waals surface area contributed by atoms with Crippen molar-refractivity contribution in [2.45, 2.75) is 24.8 Å². The van der Waals surface area contributed by atoms with E-state index in [9.17, 15) is 4.79 Å². The molecule has 0 saturated carbocycles. The Kier molecular flexibility index (Phi) is 6.49. The van der Waals surface area contributed by atoms with Gasteiger partial charge in [-0.2, -0.15) is 0 Å². The van der Waals surface area contributed by atoms with Crippen molar-refractivity contribution in [2.24, 2.45) is 0 Å². The summed E-state index contributed by atoms with van der Waals surface area (Å²) < 4.78 is 7.04. The van der Waals surface area contributed by atoms with Crippen molar-refractivity contribution in [3.8, 4) is 17.1 Å². The molecule has 1 aromatic heterocycles. The first-order valence-electron chi connectivity index (χ1n) is 8.46. The molecule has 0 bridgehead atoms. The minimum atomic E-state index is -0.00539. The molecule has 2 N–H and O–H groups in total. The topological polar surface area (TPSA) is 83.0 Å². The fraction of sp³-hybridized carbons (Fsp3) is 0.211. The number of halogens is 2. The van der Waals surface area contributed by atoms with Crippen molar-refractivity contribution in [1.29, 1.82) is 0 Å². The zero-order chi connectivity index (χ0) is 20.3. The molecule has 0 radical (unpaired) electrons. The van der Waals surface area contributed by atoms with E-state index in [0.717, 1.165) is 11.3 Å². The molecule has 9 heteroatoms. The smallest absolute Gasteiger partial charge is 0.210 e. The number of carbonyl (C=O) groups excluding carboxylic acids is 1. The van der Waals surface area contributed by atoms with Crippen LogP contribution >= 0.6 is 35.0 Å². The van der Waals surface area contributed by atoms with Crippen LogP contribution in [0.15, 0.2) is 41.6 Å². The van der Waals surface area contributed by atoms with E-state index in [0.29, 0.717) is 44.5 Å². The van der Waals surface area contributed by atoms with Gasteiger partial charge >= 0.3 is 0 Å². The Morgan fingerprint density at radius 3 is 2.71 bits per heavy atom. The summed E-state index contributed by atoms with van der Waals surface area (Å²) in [5.41, 5.74) is 2.11. The average molecular weight is 437 g/mol. The maximum Gasteiger partial charge on any atom is 0.210 e. The lowest BCUT2D eigenvalue weighted by Crippen LogP contribution is -2.11. The maximum atomic E-state index is 11.7. The molecule has 2 aromatic carbocycles. The van der Waals surface area contributed by atoms with E-state index >= 15 is 0 Å². The van der Waals surface area contributed by atoms with Gasteiger partial charge in [-0.05, 0) is 50.2 Å². The summed E-state index contributed by atoms with van der Waals surface area (Å²) in [7, 11) is 0. The molecule has 0 spiro atoms. The van der Waals surface area contributed by atoms with Gasteiger partial charge in [0.25, 0.3) is 0 Å². The predicted octanol–water partition coefficient (Wildman–Crippen LogP) is 4.86. The van der Waals surface area contributed by atoms with Crippen molar-refractivity contribution in [3.63, 3.8) is 0 Å². The molecule has 28 heavy (non-hydrogen) atoms. The molecule has 0 unspecified atom stereocenters. The Morgan fingerprint density at radius 2 is 2.00 bits per heavy atom. The van der Waals surface area contributed by atoms with Crippen molar-refractivity contribution < 1.29 is 9.53 Å². The molecule has 0 aliphatic carbocycles. The fourth-order valence-electron chi connectivity index (χ4n) is 2.58. The normalized spacial score (nSPS) is 10.9.